The van der Waals surface area contributed by atoms with Crippen LogP contribution in [-0.2, 0) is 10.0 Å². The number of sulfonamides is 1. The van der Waals surface area contributed by atoms with Crippen molar-refractivity contribution in [1.29, 1.82) is 0 Å². The van der Waals surface area contributed by atoms with Crippen LogP contribution in [-0.4, -0.2) is 43.1 Å². The molecule has 0 amide bonds. The van der Waals surface area contributed by atoms with Crippen LogP contribution in [0.2, 0.25) is 0 Å². The third kappa shape index (κ3) is 3.17. The summed E-state index contributed by atoms with van der Waals surface area (Å²) in [6, 6.07) is 9.04. The lowest BCUT2D eigenvalue weighted by atomic mass is 10.2. The number of para-hydroxylation sites is 1. The molecular weight excluding hydrogens is 278 g/mol. The second kappa shape index (κ2) is 6.06. The van der Waals surface area contributed by atoms with Crippen LogP contribution in [0.1, 0.15) is 5.56 Å². The SMILES string of the molecule is Cc1ccccc1OCCN(C)S(=O)(=O)c1ccn[nH]1. The minimum Gasteiger partial charge on any atom is -0.492 e. The molecule has 0 unspecified atom stereocenters. The Hall–Kier alpha value is -1.86. The Balaban J connectivity index is 1.93. The van der Waals surface area contributed by atoms with E-state index in [1.807, 2.05) is 31.2 Å². The van der Waals surface area contributed by atoms with Crippen molar-refractivity contribution in [3.05, 3.63) is 42.1 Å². The van der Waals surface area contributed by atoms with Gasteiger partial charge >= 0.3 is 0 Å². The van der Waals surface area contributed by atoms with Crippen LogP contribution in [0.5, 0.6) is 5.75 Å². The van der Waals surface area contributed by atoms with Crippen LogP contribution in [0.25, 0.3) is 0 Å². The molecule has 0 spiro atoms. The quantitative estimate of drug-likeness (QED) is 0.874. The lowest BCUT2D eigenvalue weighted by molar-refractivity contribution is 0.285. The first-order valence-electron chi connectivity index (χ1n) is 6.16. The molecule has 0 atom stereocenters. The van der Waals surface area contributed by atoms with Gasteiger partial charge in [0.15, 0.2) is 5.03 Å². The molecule has 1 heterocycles. The van der Waals surface area contributed by atoms with E-state index in [1.54, 1.807) is 0 Å². The smallest absolute Gasteiger partial charge is 0.259 e. The maximum absolute atomic E-state index is 12.1. The van der Waals surface area contributed by atoms with Gasteiger partial charge in [-0.3, -0.25) is 5.10 Å². The highest BCUT2D eigenvalue weighted by atomic mass is 32.2. The lowest BCUT2D eigenvalue weighted by Gasteiger charge is -2.16. The lowest BCUT2D eigenvalue weighted by Crippen LogP contribution is -2.31. The van der Waals surface area contributed by atoms with E-state index in [0.717, 1.165) is 11.3 Å². The number of hydrogen-bond donors (Lipinski definition) is 1. The molecular formula is C13H17N3O3S. The van der Waals surface area contributed by atoms with Gasteiger partial charge in [0.25, 0.3) is 10.0 Å². The van der Waals surface area contributed by atoms with Gasteiger partial charge in [-0.25, -0.2) is 8.42 Å². The van der Waals surface area contributed by atoms with Gasteiger partial charge in [-0.05, 0) is 24.6 Å². The van der Waals surface area contributed by atoms with Crippen molar-refractivity contribution in [3.63, 3.8) is 0 Å². The molecule has 2 rings (SSSR count). The Bertz CT molecular complexity index is 653. The number of aromatic nitrogens is 2. The summed E-state index contributed by atoms with van der Waals surface area (Å²) in [7, 11) is -2.01. The molecule has 1 aromatic carbocycles. The van der Waals surface area contributed by atoms with E-state index in [2.05, 4.69) is 10.2 Å². The van der Waals surface area contributed by atoms with Gasteiger partial charge in [0.05, 0.1) is 6.20 Å². The first-order valence-corrected chi connectivity index (χ1v) is 7.60. The minimum absolute atomic E-state index is 0.0795. The summed E-state index contributed by atoms with van der Waals surface area (Å²) in [4.78, 5) is 0. The second-order valence-corrected chi connectivity index (χ2v) is 6.37. The highest BCUT2D eigenvalue weighted by Gasteiger charge is 2.21. The highest BCUT2D eigenvalue weighted by molar-refractivity contribution is 7.89. The summed E-state index contributed by atoms with van der Waals surface area (Å²) in [5.74, 6) is 0.764. The van der Waals surface area contributed by atoms with E-state index in [1.165, 1.54) is 23.6 Å². The summed E-state index contributed by atoms with van der Waals surface area (Å²) in [5.41, 5.74) is 1.02. The van der Waals surface area contributed by atoms with Crippen molar-refractivity contribution >= 4 is 10.0 Å². The van der Waals surface area contributed by atoms with Crippen LogP contribution in [0.3, 0.4) is 0 Å². The average Bonchev–Trinajstić information content (AvgIpc) is 2.95. The van der Waals surface area contributed by atoms with Gasteiger partial charge in [-0.15, -0.1) is 0 Å². The predicted octanol–water partition coefficient (Wildman–Crippen LogP) is 1.42. The van der Waals surface area contributed by atoms with E-state index in [9.17, 15) is 8.42 Å². The Morgan fingerprint density at radius 2 is 2.05 bits per heavy atom. The summed E-state index contributed by atoms with van der Waals surface area (Å²) in [5, 5.41) is 6.18. The van der Waals surface area contributed by atoms with Crippen molar-refractivity contribution < 1.29 is 13.2 Å². The monoisotopic (exact) mass is 295 g/mol. The van der Waals surface area contributed by atoms with Gasteiger partial charge in [0.1, 0.15) is 12.4 Å². The molecule has 2 aromatic rings. The number of nitrogens with one attached hydrogen (secondary N) is 1. The third-order valence-corrected chi connectivity index (χ3v) is 4.71. The molecule has 0 aliphatic heterocycles. The molecule has 0 bridgehead atoms. The van der Waals surface area contributed by atoms with Crippen LogP contribution in [0.15, 0.2) is 41.6 Å². The maximum atomic E-state index is 12.1. The Labute approximate surface area is 118 Å². The van der Waals surface area contributed by atoms with Crippen molar-refractivity contribution in [3.8, 4) is 5.75 Å². The standard InChI is InChI=1S/C13H17N3O3S/c1-11-5-3-4-6-12(11)19-10-9-16(2)20(17,18)13-7-8-14-15-13/h3-8H,9-10H2,1-2H3,(H,14,15). The fourth-order valence-electron chi connectivity index (χ4n) is 1.68. The number of likely N-dealkylation sites (N-methyl/N-ethyl adjacent to an activating group) is 1. The number of nitrogens with zero attached hydrogens (tertiary/aromatic N) is 2. The molecule has 1 N–H and O–H groups in total. The van der Waals surface area contributed by atoms with Crippen LogP contribution in [0.4, 0.5) is 0 Å². The Morgan fingerprint density at radius 3 is 2.70 bits per heavy atom. The zero-order valence-electron chi connectivity index (χ0n) is 11.4. The number of ether oxygens (including phenoxy) is 1. The molecule has 0 saturated carbocycles. The zero-order valence-corrected chi connectivity index (χ0v) is 12.2. The molecule has 108 valence electrons. The number of benzene rings is 1. The predicted molar refractivity (Wildman–Crippen MR) is 75.1 cm³/mol. The van der Waals surface area contributed by atoms with E-state index >= 15 is 0 Å². The fourth-order valence-corrected chi connectivity index (χ4v) is 2.73. The van der Waals surface area contributed by atoms with Crippen LogP contribution in [0, 0.1) is 6.92 Å². The summed E-state index contributed by atoms with van der Waals surface area (Å²) in [6.45, 7) is 2.49. The molecule has 6 nitrogen and oxygen atoms in total. The van der Waals surface area contributed by atoms with Gasteiger partial charge < -0.3 is 4.74 Å². The highest BCUT2D eigenvalue weighted by Crippen LogP contribution is 2.16. The van der Waals surface area contributed by atoms with Gasteiger partial charge in [-0.2, -0.15) is 9.40 Å². The molecule has 20 heavy (non-hydrogen) atoms. The number of aryl methyl sites for hydroxylation is 1. The van der Waals surface area contributed by atoms with Crippen molar-refractivity contribution in [2.75, 3.05) is 20.2 Å². The van der Waals surface area contributed by atoms with Gasteiger partial charge in [0, 0.05) is 13.6 Å². The summed E-state index contributed by atoms with van der Waals surface area (Å²) < 4.78 is 31.0. The Morgan fingerprint density at radius 1 is 1.30 bits per heavy atom. The zero-order chi connectivity index (χ0) is 14.6. The van der Waals surface area contributed by atoms with E-state index in [-0.39, 0.29) is 18.2 Å². The summed E-state index contributed by atoms with van der Waals surface area (Å²) >= 11 is 0. The number of hydrogen-bond acceptors (Lipinski definition) is 4. The Kier molecular flexibility index (Phi) is 4.41. The van der Waals surface area contributed by atoms with E-state index < -0.39 is 10.0 Å². The summed E-state index contributed by atoms with van der Waals surface area (Å²) in [6.07, 6.45) is 1.41. The van der Waals surface area contributed by atoms with Crippen molar-refractivity contribution in [1.82, 2.24) is 14.5 Å². The van der Waals surface area contributed by atoms with E-state index in [4.69, 9.17) is 4.74 Å². The van der Waals surface area contributed by atoms with Crippen LogP contribution >= 0.6 is 0 Å². The molecule has 1 aromatic heterocycles. The largest absolute Gasteiger partial charge is 0.492 e. The first-order chi connectivity index (χ1) is 9.51. The fraction of sp³-hybridized carbons (Fsp3) is 0.308. The molecule has 0 aliphatic rings. The van der Waals surface area contributed by atoms with Crippen LogP contribution < -0.4 is 4.74 Å². The normalized spacial score (nSPS) is 11.8. The molecule has 0 aliphatic carbocycles. The molecule has 0 saturated heterocycles. The van der Waals surface area contributed by atoms with E-state index in [0.29, 0.717) is 0 Å². The first kappa shape index (κ1) is 14.5. The third-order valence-electron chi connectivity index (χ3n) is 2.92. The van der Waals surface area contributed by atoms with Crippen molar-refractivity contribution in [2.45, 2.75) is 11.9 Å². The maximum Gasteiger partial charge on any atom is 0.259 e. The number of aromatic amines is 1. The average molecular weight is 295 g/mol. The number of rotatable bonds is 6. The number of H-pyrrole nitrogens is 1. The van der Waals surface area contributed by atoms with Gasteiger partial charge in [0.2, 0.25) is 0 Å². The second-order valence-electron chi connectivity index (χ2n) is 4.36. The topological polar surface area (TPSA) is 75.3 Å². The minimum atomic E-state index is -3.52. The molecule has 0 fully saturated rings. The van der Waals surface area contributed by atoms with Gasteiger partial charge in [-0.1, -0.05) is 18.2 Å². The molecule has 7 heteroatoms. The van der Waals surface area contributed by atoms with Crippen molar-refractivity contribution in [2.24, 2.45) is 0 Å². The molecule has 0 radical (unpaired) electrons.